The summed E-state index contributed by atoms with van der Waals surface area (Å²) >= 11 is 0. The molecule has 0 heterocycles. The first-order valence-corrected chi connectivity index (χ1v) is 7.12. The van der Waals surface area contributed by atoms with Gasteiger partial charge in [-0.15, -0.1) is 0 Å². The molecule has 0 bridgehead atoms. The third-order valence-electron chi connectivity index (χ3n) is 3.60. The van der Waals surface area contributed by atoms with E-state index in [2.05, 4.69) is 13.2 Å². The number of methoxy groups -OCH3 is 2. The molecule has 4 heteroatoms. The third kappa shape index (κ3) is 5.35. The lowest BCUT2D eigenvalue weighted by atomic mass is 9.78. The van der Waals surface area contributed by atoms with Crippen LogP contribution in [0.4, 0.5) is 0 Å². The zero-order valence-corrected chi connectivity index (χ0v) is 14.0. The van der Waals surface area contributed by atoms with Gasteiger partial charge < -0.3 is 9.47 Å². The molecule has 0 fully saturated rings. The Morgan fingerprint density at radius 2 is 1.64 bits per heavy atom. The number of ether oxygens (including phenoxy) is 2. The highest BCUT2D eigenvalue weighted by Crippen LogP contribution is 2.34. The second-order valence-corrected chi connectivity index (χ2v) is 5.17. The number of rotatable bonds is 9. The van der Waals surface area contributed by atoms with Crippen LogP contribution in [0, 0.1) is 5.41 Å². The van der Waals surface area contributed by atoms with Crippen molar-refractivity contribution in [2.45, 2.75) is 33.1 Å². The van der Waals surface area contributed by atoms with Crippen molar-refractivity contribution in [1.29, 1.82) is 0 Å². The van der Waals surface area contributed by atoms with Crippen molar-refractivity contribution in [2.24, 2.45) is 5.41 Å². The normalized spacial score (nSPS) is 12.5. The molecular formula is C18H26O4. The quantitative estimate of drug-likeness (QED) is 0.370. The van der Waals surface area contributed by atoms with Gasteiger partial charge in [-0.25, -0.2) is 0 Å². The standard InChI is InChI=1S/C18H26O4/c1-7-9-15(4)11-13-18(16(19)21-5,17(20)22-6)12-10-14(3)8-2/h7-10H,1-2,11-13H2,3-6H3/b14-10+,15-9+. The lowest BCUT2D eigenvalue weighted by Crippen LogP contribution is -2.41. The van der Waals surface area contributed by atoms with Crippen molar-refractivity contribution >= 4 is 11.9 Å². The summed E-state index contributed by atoms with van der Waals surface area (Å²) in [4.78, 5) is 24.6. The molecule has 0 aliphatic carbocycles. The maximum atomic E-state index is 12.3. The van der Waals surface area contributed by atoms with Gasteiger partial charge in [0.05, 0.1) is 14.2 Å². The Morgan fingerprint density at radius 3 is 2.05 bits per heavy atom. The molecule has 0 spiro atoms. The Balaban J connectivity index is 5.60. The molecule has 0 rings (SSSR count). The van der Waals surface area contributed by atoms with Crippen LogP contribution in [0.5, 0.6) is 0 Å². The van der Waals surface area contributed by atoms with Gasteiger partial charge in [0.2, 0.25) is 0 Å². The van der Waals surface area contributed by atoms with Gasteiger partial charge in [-0.05, 0) is 33.1 Å². The molecule has 122 valence electrons. The molecule has 0 amide bonds. The first-order valence-electron chi connectivity index (χ1n) is 7.12. The van der Waals surface area contributed by atoms with Crippen LogP contribution in [0.15, 0.2) is 48.6 Å². The zero-order valence-electron chi connectivity index (χ0n) is 14.0. The summed E-state index contributed by atoms with van der Waals surface area (Å²) in [5.74, 6) is -1.17. The molecule has 0 atom stereocenters. The van der Waals surface area contributed by atoms with Crippen LogP contribution in [0.25, 0.3) is 0 Å². The van der Waals surface area contributed by atoms with E-state index >= 15 is 0 Å². The van der Waals surface area contributed by atoms with E-state index in [1.54, 1.807) is 18.2 Å². The molecule has 0 radical (unpaired) electrons. The van der Waals surface area contributed by atoms with Crippen LogP contribution in [0.2, 0.25) is 0 Å². The average Bonchev–Trinajstić information content (AvgIpc) is 2.53. The molecular weight excluding hydrogens is 280 g/mol. The minimum Gasteiger partial charge on any atom is -0.468 e. The van der Waals surface area contributed by atoms with E-state index in [0.717, 1.165) is 11.1 Å². The number of esters is 2. The van der Waals surface area contributed by atoms with Gasteiger partial charge in [-0.3, -0.25) is 9.59 Å². The third-order valence-corrected chi connectivity index (χ3v) is 3.60. The first-order chi connectivity index (χ1) is 10.4. The SMILES string of the molecule is C=C/C=C(\C)CCC(C/C=C(\C)C=C)(C(=O)OC)C(=O)OC. The summed E-state index contributed by atoms with van der Waals surface area (Å²) in [5, 5.41) is 0. The van der Waals surface area contributed by atoms with E-state index in [1.165, 1.54) is 14.2 Å². The van der Waals surface area contributed by atoms with E-state index in [4.69, 9.17) is 9.47 Å². The molecule has 0 aliphatic heterocycles. The van der Waals surface area contributed by atoms with Crippen molar-refractivity contribution in [1.82, 2.24) is 0 Å². The van der Waals surface area contributed by atoms with Gasteiger partial charge in [0.15, 0.2) is 5.41 Å². The minimum absolute atomic E-state index is 0.214. The fourth-order valence-corrected chi connectivity index (χ4v) is 2.06. The number of allylic oxidation sites excluding steroid dienone is 6. The topological polar surface area (TPSA) is 52.6 Å². The molecule has 22 heavy (non-hydrogen) atoms. The van der Waals surface area contributed by atoms with Crippen LogP contribution >= 0.6 is 0 Å². The fourth-order valence-electron chi connectivity index (χ4n) is 2.06. The second kappa shape index (κ2) is 9.77. The molecule has 0 unspecified atom stereocenters. The van der Waals surface area contributed by atoms with E-state index in [1.807, 2.05) is 19.9 Å². The number of carbonyl (C=O) groups excluding carboxylic acids is 2. The van der Waals surface area contributed by atoms with Gasteiger partial charge in [-0.1, -0.05) is 48.6 Å². The van der Waals surface area contributed by atoms with Crippen molar-refractivity contribution in [2.75, 3.05) is 14.2 Å². The maximum absolute atomic E-state index is 12.3. The van der Waals surface area contributed by atoms with Crippen LogP contribution in [0.1, 0.15) is 33.1 Å². The monoisotopic (exact) mass is 306 g/mol. The molecule has 0 aromatic rings. The van der Waals surface area contributed by atoms with Crippen molar-refractivity contribution in [3.05, 3.63) is 48.6 Å². The van der Waals surface area contributed by atoms with Crippen LogP contribution in [-0.2, 0) is 19.1 Å². The number of hydrogen-bond acceptors (Lipinski definition) is 4. The summed E-state index contributed by atoms with van der Waals surface area (Å²) in [6.07, 6.45) is 8.08. The van der Waals surface area contributed by atoms with Crippen molar-refractivity contribution in [3.8, 4) is 0 Å². The Labute approximate surface area is 133 Å². The van der Waals surface area contributed by atoms with E-state index in [9.17, 15) is 9.59 Å². The van der Waals surface area contributed by atoms with E-state index < -0.39 is 17.4 Å². The molecule has 0 saturated heterocycles. The molecule has 0 aromatic heterocycles. The fraction of sp³-hybridized carbons (Fsp3) is 0.444. The lowest BCUT2D eigenvalue weighted by molar-refractivity contribution is -0.169. The molecule has 4 nitrogen and oxygen atoms in total. The van der Waals surface area contributed by atoms with Crippen LogP contribution in [-0.4, -0.2) is 26.2 Å². The van der Waals surface area contributed by atoms with Gasteiger partial charge in [0.1, 0.15) is 0 Å². The highest BCUT2D eigenvalue weighted by molar-refractivity contribution is 6.00. The molecule has 0 aliphatic rings. The Morgan fingerprint density at radius 1 is 1.09 bits per heavy atom. The number of carbonyl (C=O) groups is 2. The largest absolute Gasteiger partial charge is 0.468 e. The van der Waals surface area contributed by atoms with Gasteiger partial charge in [-0.2, -0.15) is 0 Å². The summed E-state index contributed by atoms with van der Waals surface area (Å²) in [6, 6.07) is 0. The molecule has 0 saturated carbocycles. The highest BCUT2D eigenvalue weighted by Gasteiger charge is 2.47. The Bertz CT molecular complexity index is 467. The minimum atomic E-state index is -1.34. The molecule has 0 N–H and O–H groups in total. The lowest BCUT2D eigenvalue weighted by Gasteiger charge is -2.27. The summed E-state index contributed by atoms with van der Waals surface area (Å²) in [7, 11) is 2.55. The van der Waals surface area contributed by atoms with Crippen LogP contribution < -0.4 is 0 Å². The first kappa shape index (κ1) is 19.9. The van der Waals surface area contributed by atoms with Crippen molar-refractivity contribution in [3.63, 3.8) is 0 Å². The average molecular weight is 306 g/mol. The number of hydrogen-bond donors (Lipinski definition) is 0. The van der Waals surface area contributed by atoms with E-state index in [0.29, 0.717) is 12.8 Å². The smallest absolute Gasteiger partial charge is 0.323 e. The second-order valence-electron chi connectivity index (χ2n) is 5.17. The highest BCUT2D eigenvalue weighted by atomic mass is 16.5. The predicted octanol–water partition coefficient (Wildman–Crippen LogP) is 3.75. The van der Waals surface area contributed by atoms with Gasteiger partial charge in [0, 0.05) is 0 Å². The summed E-state index contributed by atoms with van der Waals surface area (Å²) in [5.41, 5.74) is 0.566. The van der Waals surface area contributed by atoms with Gasteiger partial charge in [0.25, 0.3) is 0 Å². The van der Waals surface area contributed by atoms with Crippen molar-refractivity contribution < 1.29 is 19.1 Å². The van der Waals surface area contributed by atoms with Crippen LogP contribution in [0.3, 0.4) is 0 Å². The summed E-state index contributed by atoms with van der Waals surface area (Å²) in [6.45, 7) is 11.1. The maximum Gasteiger partial charge on any atom is 0.323 e. The zero-order chi connectivity index (χ0) is 17.2. The Kier molecular flexibility index (Phi) is 8.83. The predicted molar refractivity (Wildman–Crippen MR) is 88.2 cm³/mol. The molecule has 0 aromatic carbocycles. The summed E-state index contributed by atoms with van der Waals surface area (Å²) < 4.78 is 9.72. The van der Waals surface area contributed by atoms with E-state index in [-0.39, 0.29) is 6.42 Å². The Hall–Kier alpha value is -2.10. The van der Waals surface area contributed by atoms with Gasteiger partial charge >= 0.3 is 11.9 Å².